The number of methoxy groups -OCH3 is 1. The second-order valence-electron chi connectivity index (χ2n) is 10.2. The second kappa shape index (κ2) is 13.7. The van der Waals surface area contributed by atoms with Gasteiger partial charge in [0.1, 0.15) is 5.75 Å². The van der Waals surface area contributed by atoms with Crippen molar-refractivity contribution in [2.45, 2.75) is 51.0 Å². The third-order valence-electron chi connectivity index (χ3n) is 7.82. The molecule has 1 saturated heterocycles. The lowest BCUT2D eigenvalue weighted by Crippen LogP contribution is -2.45. The number of carbonyl (C=O) groups excluding carboxylic acids is 1. The lowest BCUT2D eigenvalue weighted by Gasteiger charge is -2.30. The number of aryl methyl sites for hydroxylation is 1. The van der Waals surface area contributed by atoms with Crippen molar-refractivity contribution in [3.05, 3.63) is 53.6 Å². The molecule has 9 heteroatoms. The monoisotopic (exact) mass is 540 g/mol. The Bertz CT molecular complexity index is 1120. The first-order chi connectivity index (χ1) is 19.0. The van der Waals surface area contributed by atoms with Crippen LogP contribution in [0.15, 0.2) is 42.5 Å². The van der Waals surface area contributed by atoms with Gasteiger partial charge in [0, 0.05) is 38.2 Å². The van der Waals surface area contributed by atoms with E-state index in [2.05, 4.69) is 6.92 Å². The Morgan fingerprint density at radius 3 is 2.62 bits per heavy atom. The number of aliphatic hydroxyl groups is 1. The standard InChI is InChI=1S/C30H40N2O7/c1-3-4-14-31(15-7-16-33)28(34)19-32-18-23(22-11-13-26-27(17-22)39-20-38-26)29(30(35)36)24(32)12-10-21-8-5-6-9-25(21)37-2/h5-6,8-9,11,13,17,23-24,29,33H,3-4,7,10,12,14-16,18-20H2,1-2H3,(H,35,36). The van der Waals surface area contributed by atoms with E-state index in [0.717, 1.165) is 29.7 Å². The molecule has 0 radical (unpaired) electrons. The number of fused-ring (bicyclic) bond motifs is 1. The molecule has 3 unspecified atom stereocenters. The number of hydrogen-bond acceptors (Lipinski definition) is 7. The summed E-state index contributed by atoms with van der Waals surface area (Å²) < 4.78 is 16.6. The molecule has 0 saturated carbocycles. The Kier molecular flexibility index (Phi) is 10.1. The van der Waals surface area contributed by atoms with Crippen LogP contribution in [0, 0.1) is 5.92 Å². The lowest BCUT2D eigenvalue weighted by atomic mass is 9.83. The molecule has 4 rings (SSSR count). The maximum atomic E-state index is 13.5. The molecule has 2 aromatic carbocycles. The summed E-state index contributed by atoms with van der Waals surface area (Å²) in [7, 11) is 1.63. The minimum Gasteiger partial charge on any atom is -0.496 e. The zero-order valence-corrected chi connectivity index (χ0v) is 22.9. The molecule has 2 aliphatic rings. The first-order valence-corrected chi connectivity index (χ1v) is 13.8. The van der Waals surface area contributed by atoms with Gasteiger partial charge in [-0.1, -0.05) is 37.6 Å². The average Bonchev–Trinajstić information content (AvgIpc) is 3.56. The van der Waals surface area contributed by atoms with Gasteiger partial charge in [-0.2, -0.15) is 0 Å². The van der Waals surface area contributed by atoms with Crippen LogP contribution in [0.4, 0.5) is 0 Å². The van der Waals surface area contributed by atoms with Gasteiger partial charge >= 0.3 is 5.97 Å². The topological polar surface area (TPSA) is 109 Å². The zero-order chi connectivity index (χ0) is 27.8. The number of para-hydroxylation sites is 1. The minimum atomic E-state index is -0.874. The summed E-state index contributed by atoms with van der Waals surface area (Å²) in [5, 5.41) is 19.8. The van der Waals surface area contributed by atoms with Gasteiger partial charge in [0.15, 0.2) is 11.5 Å². The van der Waals surface area contributed by atoms with E-state index in [-0.39, 0.29) is 37.8 Å². The van der Waals surface area contributed by atoms with Crippen molar-refractivity contribution in [3.8, 4) is 17.2 Å². The van der Waals surface area contributed by atoms with Gasteiger partial charge in [0.05, 0.1) is 19.6 Å². The van der Waals surface area contributed by atoms with Crippen molar-refractivity contribution in [3.63, 3.8) is 0 Å². The van der Waals surface area contributed by atoms with E-state index >= 15 is 0 Å². The predicted octanol–water partition coefficient (Wildman–Crippen LogP) is 3.54. The number of unbranched alkanes of at least 4 members (excludes halogenated alkanes) is 1. The molecule has 1 fully saturated rings. The van der Waals surface area contributed by atoms with E-state index in [9.17, 15) is 19.8 Å². The Morgan fingerprint density at radius 1 is 1.10 bits per heavy atom. The molecule has 3 atom stereocenters. The van der Waals surface area contributed by atoms with Crippen molar-refractivity contribution < 1.29 is 34.0 Å². The average molecular weight is 541 g/mol. The number of carboxylic acid groups (broad SMARTS) is 1. The highest BCUT2D eigenvalue weighted by Gasteiger charge is 2.47. The van der Waals surface area contributed by atoms with Gasteiger partial charge in [0.25, 0.3) is 0 Å². The smallest absolute Gasteiger partial charge is 0.308 e. The number of amides is 1. The van der Waals surface area contributed by atoms with Gasteiger partial charge < -0.3 is 29.3 Å². The van der Waals surface area contributed by atoms with Crippen molar-refractivity contribution in [2.75, 3.05) is 46.7 Å². The first-order valence-electron chi connectivity index (χ1n) is 13.8. The molecule has 39 heavy (non-hydrogen) atoms. The summed E-state index contributed by atoms with van der Waals surface area (Å²) in [5.41, 5.74) is 1.88. The van der Waals surface area contributed by atoms with Crippen LogP contribution < -0.4 is 14.2 Å². The van der Waals surface area contributed by atoms with E-state index in [4.69, 9.17) is 14.2 Å². The Balaban J connectivity index is 1.61. The predicted molar refractivity (Wildman–Crippen MR) is 146 cm³/mol. The van der Waals surface area contributed by atoms with Crippen LogP contribution in [0.25, 0.3) is 0 Å². The van der Waals surface area contributed by atoms with E-state index in [1.54, 1.807) is 12.0 Å². The number of ether oxygens (including phenoxy) is 3. The number of benzene rings is 2. The Labute approximate surface area is 230 Å². The quantitative estimate of drug-likeness (QED) is 0.375. The van der Waals surface area contributed by atoms with E-state index in [0.29, 0.717) is 50.4 Å². The van der Waals surface area contributed by atoms with E-state index in [1.807, 2.05) is 47.4 Å². The Morgan fingerprint density at radius 2 is 1.87 bits per heavy atom. The minimum absolute atomic E-state index is 0.0223. The van der Waals surface area contributed by atoms with Crippen molar-refractivity contribution in [1.82, 2.24) is 9.80 Å². The number of carbonyl (C=O) groups is 2. The molecule has 9 nitrogen and oxygen atoms in total. The van der Waals surface area contributed by atoms with E-state index in [1.165, 1.54) is 0 Å². The van der Waals surface area contributed by atoms with Crippen LogP contribution in [-0.2, 0) is 16.0 Å². The number of carboxylic acids is 1. The maximum Gasteiger partial charge on any atom is 0.308 e. The number of rotatable bonds is 14. The van der Waals surface area contributed by atoms with Crippen molar-refractivity contribution in [1.29, 1.82) is 0 Å². The zero-order valence-electron chi connectivity index (χ0n) is 22.9. The van der Waals surface area contributed by atoms with E-state index < -0.39 is 11.9 Å². The lowest BCUT2D eigenvalue weighted by molar-refractivity contribution is -0.143. The normalized spacial score (nSPS) is 20.2. The Hall–Kier alpha value is -3.30. The summed E-state index contributed by atoms with van der Waals surface area (Å²) in [5.74, 6) is 0.121. The summed E-state index contributed by atoms with van der Waals surface area (Å²) in [4.78, 5) is 30.1. The molecule has 1 amide bonds. The number of aliphatic hydroxyl groups excluding tert-OH is 1. The maximum absolute atomic E-state index is 13.5. The largest absolute Gasteiger partial charge is 0.496 e. The molecular weight excluding hydrogens is 500 g/mol. The summed E-state index contributed by atoms with van der Waals surface area (Å²) in [6.07, 6.45) is 3.55. The number of nitrogens with zero attached hydrogens (tertiary/aromatic N) is 2. The van der Waals surface area contributed by atoms with Gasteiger partial charge in [-0.25, -0.2) is 0 Å². The SMILES string of the molecule is CCCCN(CCCO)C(=O)CN1CC(c2ccc3c(c2)OCO3)C(C(=O)O)C1CCc1ccccc1OC. The fourth-order valence-electron chi connectivity index (χ4n) is 5.79. The summed E-state index contributed by atoms with van der Waals surface area (Å²) >= 11 is 0. The van der Waals surface area contributed by atoms with Crippen LogP contribution in [0.1, 0.15) is 49.7 Å². The molecule has 0 aromatic heterocycles. The number of aliphatic carboxylic acids is 1. The van der Waals surface area contributed by atoms with Crippen molar-refractivity contribution in [2.24, 2.45) is 5.92 Å². The summed E-state index contributed by atoms with van der Waals surface area (Å²) in [6, 6.07) is 13.0. The van der Waals surface area contributed by atoms with Crippen molar-refractivity contribution >= 4 is 11.9 Å². The molecule has 212 valence electrons. The van der Waals surface area contributed by atoms with Crippen LogP contribution in [0.2, 0.25) is 0 Å². The van der Waals surface area contributed by atoms with Gasteiger partial charge in [-0.3, -0.25) is 14.5 Å². The van der Waals surface area contributed by atoms with Crippen LogP contribution in [-0.4, -0.2) is 84.6 Å². The molecule has 0 spiro atoms. The fourth-order valence-corrected chi connectivity index (χ4v) is 5.79. The van der Waals surface area contributed by atoms with Gasteiger partial charge in [-0.05, 0) is 55.0 Å². The highest BCUT2D eigenvalue weighted by Crippen LogP contribution is 2.43. The third kappa shape index (κ3) is 6.83. The number of hydrogen-bond donors (Lipinski definition) is 2. The van der Waals surface area contributed by atoms with Gasteiger partial charge in [0.2, 0.25) is 12.7 Å². The fraction of sp³-hybridized carbons (Fsp3) is 0.533. The number of likely N-dealkylation sites (tertiary alicyclic amines) is 1. The molecule has 2 N–H and O–H groups in total. The molecule has 0 aliphatic carbocycles. The second-order valence-corrected chi connectivity index (χ2v) is 10.2. The van der Waals surface area contributed by atoms with Crippen LogP contribution in [0.5, 0.6) is 17.2 Å². The molecule has 2 aromatic rings. The molecule has 0 bridgehead atoms. The van der Waals surface area contributed by atoms with Crippen LogP contribution >= 0.6 is 0 Å². The summed E-state index contributed by atoms with van der Waals surface area (Å²) in [6.45, 7) is 3.95. The highest BCUT2D eigenvalue weighted by atomic mass is 16.7. The van der Waals surface area contributed by atoms with Crippen LogP contribution in [0.3, 0.4) is 0 Å². The van der Waals surface area contributed by atoms with Gasteiger partial charge in [-0.15, -0.1) is 0 Å². The highest BCUT2D eigenvalue weighted by molar-refractivity contribution is 5.79. The molecule has 2 aliphatic heterocycles. The molecular formula is C30H40N2O7. The third-order valence-corrected chi connectivity index (χ3v) is 7.82. The first kappa shape index (κ1) is 28.7. The molecule has 2 heterocycles.